The molecular weight excluding hydrogens is 656 g/mol. The molecule has 5 aliphatic rings. The Hall–Kier alpha value is -3.83. The van der Waals surface area contributed by atoms with Crippen molar-refractivity contribution in [2.45, 2.75) is 89.9 Å². The molecule has 0 spiro atoms. The van der Waals surface area contributed by atoms with E-state index < -0.39 is 28.7 Å². The molecule has 5 N–H and O–H groups in total. The van der Waals surface area contributed by atoms with Crippen LogP contribution < -0.4 is 21.3 Å². The van der Waals surface area contributed by atoms with Crippen molar-refractivity contribution in [3.05, 3.63) is 93.4 Å². The van der Waals surface area contributed by atoms with Gasteiger partial charge in [-0.1, -0.05) is 68.8 Å². The van der Waals surface area contributed by atoms with Crippen LogP contribution in [0.25, 0.3) is 0 Å². The number of likely N-dealkylation sites (N-methyl/N-ethyl adjacent to an activating group) is 1. The van der Waals surface area contributed by atoms with Crippen LogP contribution in [0.4, 0.5) is 0 Å². The van der Waals surface area contributed by atoms with Crippen LogP contribution in [0.2, 0.25) is 0 Å². The van der Waals surface area contributed by atoms with Crippen molar-refractivity contribution in [2.75, 3.05) is 40.0 Å². The molecule has 1 aromatic rings. The average molecular weight is 713 g/mol. The maximum absolute atomic E-state index is 14.7. The Labute approximate surface area is 308 Å². The topological polar surface area (TPSA) is 141 Å². The Kier molecular flexibility index (Phi) is 11.7. The van der Waals surface area contributed by atoms with Crippen molar-refractivity contribution in [3.63, 3.8) is 0 Å². The SMILES string of the molecule is CCN[C@@H]1C=C2C=CCC[C@H]2C[C@H]1COC(=O)[C@]12O[C@@]1(C/C(CO)=C(\C)CCC1=CCNC(NCNC)=C1)C(=O)c1cccc(CC(C)C)c1C2=O. The summed E-state index contributed by atoms with van der Waals surface area (Å²) in [5.41, 5.74) is 1.33. The van der Waals surface area contributed by atoms with E-state index in [1.807, 2.05) is 20.0 Å². The summed E-state index contributed by atoms with van der Waals surface area (Å²) in [6, 6.07) is 5.33. The van der Waals surface area contributed by atoms with Crippen LogP contribution in [0.1, 0.15) is 92.5 Å². The summed E-state index contributed by atoms with van der Waals surface area (Å²) in [6.07, 6.45) is 15.7. The Bertz CT molecular complexity index is 1720. The summed E-state index contributed by atoms with van der Waals surface area (Å²) in [5.74, 6) is -0.177. The van der Waals surface area contributed by atoms with Gasteiger partial charge in [0.1, 0.15) is 5.82 Å². The lowest BCUT2D eigenvalue weighted by molar-refractivity contribution is -0.150. The third kappa shape index (κ3) is 7.23. The predicted molar refractivity (Wildman–Crippen MR) is 202 cm³/mol. The van der Waals surface area contributed by atoms with Crippen molar-refractivity contribution in [2.24, 2.45) is 17.8 Å². The maximum Gasteiger partial charge on any atom is 0.350 e. The molecule has 1 aromatic carbocycles. The number of aliphatic hydroxyl groups is 1. The summed E-state index contributed by atoms with van der Waals surface area (Å²) < 4.78 is 12.4. The van der Waals surface area contributed by atoms with Gasteiger partial charge in [-0.25, -0.2) is 4.79 Å². The standard InChI is InChI=1S/C42H56N4O6/c1-6-44-35-21-30-11-8-7-10-29(30)20-32(35)24-51-40(50)42-39(49)37-31(18-26(2)3)12-9-13-34(37)38(48)41(42,52-42)22-33(23-47)27(4)14-15-28-16-17-45-36(19-28)46-25-43-5/h8-9,11-13,16,19,21,26,29,32,35,43-47H,6-7,10,14-15,17-18,20,22-25H2,1-5H3/b33-27-/t29-,32-,35+,41-,42-/m0/s1. The Balaban J connectivity index is 1.29. The Morgan fingerprint density at radius 3 is 2.79 bits per heavy atom. The van der Waals surface area contributed by atoms with Crippen LogP contribution in [0, 0.1) is 17.8 Å². The largest absolute Gasteiger partial charge is 0.463 e. The number of ether oxygens (including phenoxy) is 2. The van der Waals surface area contributed by atoms with Gasteiger partial charge in [-0.3, -0.25) is 9.59 Å². The Morgan fingerprint density at radius 1 is 1.21 bits per heavy atom. The molecule has 6 rings (SSSR count). The Morgan fingerprint density at radius 2 is 2.04 bits per heavy atom. The van der Waals surface area contributed by atoms with Gasteiger partial charge in [0, 0.05) is 36.1 Å². The minimum absolute atomic E-state index is 0.00863. The van der Waals surface area contributed by atoms with Gasteiger partial charge < -0.3 is 35.8 Å². The molecule has 0 amide bonds. The number of allylic oxidation sites excluding steroid dienone is 6. The lowest BCUT2D eigenvalue weighted by Crippen LogP contribution is -2.52. The highest BCUT2D eigenvalue weighted by molar-refractivity contribution is 6.33. The highest BCUT2D eigenvalue weighted by atomic mass is 16.7. The van der Waals surface area contributed by atoms with E-state index >= 15 is 0 Å². The van der Waals surface area contributed by atoms with Crippen molar-refractivity contribution in [1.82, 2.24) is 21.3 Å². The number of rotatable bonds is 16. The van der Waals surface area contributed by atoms with Gasteiger partial charge in [0.15, 0.2) is 11.4 Å². The van der Waals surface area contributed by atoms with Gasteiger partial charge in [-0.2, -0.15) is 0 Å². The van der Waals surface area contributed by atoms with E-state index in [9.17, 15) is 19.5 Å². The molecule has 280 valence electrons. The number of esters is 1. The van der Waals surface area contributed by atoms with Crippen LogP contribution in [-0.2, 0) is 20.7 Å². The highest BCUT2D eigenvalue weighted by Gasteiger charge is 2.85. The number of fused-ring (bicyclic) bond motifs is 3. The van der Waals surface area contributed by atoms with Crippen LogP contribution in [-0.4, -0.2) is 79.9 Å². The first kappa shape index (κ1) is 37.9. The van der Waals surface area contributed by atoms with Gasteiger partial charge in [-0.05, 0) is 99.2 Å². The minimum atomic E-state index is -2.10. The zero-order valence-corrected chi connectivity index (χ0v) is 31.4. The van der Waals surface area contributed by atoms with Crippen LogP contribution in [0.3, 0.4) is 0 Å². The second-order valence-electron chi connectivity index (χ2n) is 15.4. The summed E-state index contributed by atoms with van der Waals surface area (Å²) in [7, 11) is 1.88. The van der Waals surface area contributed by atoms with E-state index in [1.54, 1.807) is 12.1 Å². The smallest absolute Gasteiger partial charge is 0.350 e. The first-order chi connectivity index (χ1) is 25.1. The van der Waals surface area contributed by atoms with Crippen molar-refractivity contribution >= 4 is 17.5 Å². The average Bonchev–Trinajstić information content (AvgIpc) is 3.85. The number of dihydropyridines is 1. The number of nitrogens with one attached hydrogen (secondary N) is 4. The molecule has 10 nitrogen and oxygen atoms in total. The lowest BCUT2D eigenvalue weighted by Gasteiger charge is -2.36. The van der Waals surface area contributed by atoms with E-state index in [2.05, 4.69) is 72.4 Å². The fraction of sp³-hybridized carbons (Fsp3) is 0.548. The second kappa shape index (κ2) is 16.0. The number of ketones is 2. The molecule has 0 saturated carbocycles. The van der Waals surface area contributed by atoms with Gasteiger partial charge in [0.05, 0.1) is 19.9 Å². The third-order valence-corrected chi connectivity index (χ3v) is 11.4. The number of carbonyl (C=O) groups excluding carboxylic acids is 3. The number of carbonyl (C=O) groups is 3. The zero-order chi connectivity index (χ0) is 37.0. The first-order valence-corrected chi connectivity index (χ1v) is 19.1. The predicted octanol–water partition coefficient (Wildman–Crippen LogP) is 4.82. The maximum atomic E-state index is 14.7. The van der Waals surface area contributed by atoms with Gasteiger partial charge in [0.2, 0.25) is 5.78 Å². The van der Waals surface area contributed by atoms with E-state index in [0.29, 0.717) is 37.5 Å². The number of aliphatic hydroxyl groups excluding tert-OH is 1. The first-order valence-electron chi connectivity index (χ1n) is 19.1. The molecule has 0 bridgehead atoms. The molecule has 1 saturated heterocycles. The second-order valence-corrected chi connectivity index (χ2v) is 15.4. The molecule has 2 aliphatic heterocycles. The van der Waals surface area contributed by atoms with Crippen molar-refractivity contribution < 1.29 is 29.0 Å². The van der Waals surface area contributed by atoms with Crippen LogP contribution in [0.15, 0.2) is 76.7 Å². The quantitative estimate of drug-likeness (QED) is 0.0533. The summed E-state index contributed by atoms with van der Waals surface area (Å²) in [6.45, 7) is 9.98. The normalized spacial score (nSPS) is 28.1. The van der Waals surface area contributed by atoms with Crippen LogP contribution in [0.5, 0.6) is 0 Å². The number of Topliss-reactive ketones (excluding diaryl/α,β-unsaturated/α-hetero) is 2. The lowest BCUT2D eigenvalue weighted by atomic mass is 9.69. The monoisotopic (exact) mass is 712 g/mol. The number of hydrogen-bond acceptors (Lipinski definition) is 10. The van der Waals surface area contributed by atoms with Gasteiger partial charge in [-0.15, -0.1) is 0 Å². The summed E-state index contributed by atoms with van der Waals surface area (Å²) in [5, 5.41) is 23.9. The molecule has 3 aliphatic carbocycles. The molecule has 10 heteroatoms. The minimum Gasteiger partial charge on any atom is -0.463 e. The van der Waals surface area contributed by atoms with E-state index in [-0.39, 0.29) is 48.6 Å². The number of epoxide rings is 1. The molecule has 0 unspecified atom stereocenters. The zero-order valence-electron chi connectivity index (χ0n) is 31.4. The molecule has 2 heterocycles. The number of hydrogen-bond donors (Lipinski definition) is 5. The van der Waals surface area contributed by atoms with E-state index in [4.69, 9.17) is 9.47 Å². The van der Waals surface area contributed by atoms with Crippen molar-refractivity contribution in [1.29, 1.82) is 0 Å². The summed E-state index contributed by atoms with van der Waals surface area (Å²) >= 11 is 0. The highest BCUT2D eigenvalue weighted by Crippen LogP contribution is 2.60. The fourth-order valence-corrected chi connectivity index (χ4v) is 8.52. The van der Waals surface area contributed by atoms with Gasteiger partial charge >= 0.3 is 5.97 Å². The van der Waals surface area contributed by atoms with Crippen LogP contribution >= 0.6 is 0 Å². The third-order valence-electron chi connectivity index (χ3n) is 11.4. The van der Waals surface area contributed by atoms with E-state index in [1.165, 1.54) is 5.57 Å². The molecule has 1 fully saturated rings. The molecule has 52 heavy (non-hydrogen) atoms. The molecular formula is C42H56N4O6. The number of benzene rings is 1. The van der Waals surface area contributed by atoms with E-state index in [0.717, 1.165) is 54.8 Å². The molecule has 5 atom stereocenters. The molecule has 0 radical (unpaired) electrons. The fourth-order valence-electron chi connectivity index (χ4n) is 8.52. The van der Waals surface area contributed by atoms with Gasteiger partial charge in [0.25, 0.3) is 5.60 Å². The molecule has 0 aromatic heterocycles. The van der Waals surface area contributed by atoms with Crippen molar-refractivity contribution in [3.8, 4) is 0 Å². The summed E-state index contributed by atoms with van der Waals surface area (Å²) in [4.78, 5) is 43.8.